The summed E-state index contributed by atoms with van der Waals surface area (Å²) in [6.07, 6.45) is 0.661. The van der Waals surface area contributed by atoms with Gasteiger partial charge in [0.1, 0.15) is 9.96 Å². The Labute approximate surface area is 126 Å². The molecule has 0 saturated carbocycles. The summed E-state index contributed by atoms with van der Waals surface area (Å²) in [4.78, 5) is 1.10. The van der Waals surface area contributed by atoms with Crippen molar-refractivity contribution in [1.82, 2.24) is 0 Å². The number of benzene rings is 1. The van der Waals surface area contributed by atoms with Crippen LogP contribution in [-0.2, 0) is 9.84 Å². The van der Waals surface area contributed by atoms with Crippen molar-refractivity contribution in [3.8, 4) is 5.75 Å². The molecule has 0 saturated heterocycles. The van der Waals surface area contributed by atoms with Crippen LogP contribution in [-0.4, -0.2) is 21.3 Å². The van der Waals surface area contributed by atoms with Crippen LogP contribution in [0.25, 0.3) is 0 Å². The summed E-state index contributed by atoms with van der Waals surface area (Å²) < 4.78 is 29.8. The van der Waals surface area contributed by atoms with E-state index >= 15 is 0 Å². The molecular weight excluding hydrogens is 312 g/mol. The second-order valence-electron chi connectivity index (χ2n) is 4.56. The largest absolute Gasteiger partial charge is 0.497 e. The van der Waals surface area contributed by atoms with Crippen LogP contribution in [0, 0.1) is 0 Å². The van der Waals surface area contributed by atoms with Gasteiger partial charge in [-0.25, -0.2) is 8.42 Å². The monoisotopic (exact) mass is 326 g/mol. The predicted molar refractivity (Wildman–Crippen MR) is 82.6 cm³/mol. The van der Waals surface area contributed by atoms with Gasteiger partial charge in [-0.1, -0.05) is 6.07 Å². The maximum Gasteiger partial charge on any atom is 0.188 e. The number of methoxy groups -OCH3 is 1. The summed E-state index contributed by atoms with van der Waals surface area (Å²) in [5.41, 5.74) is 0.953. The quantitative estimate of drug-likeness (QED) is 0.861. The number of sulfone groups is 1. The highest BCUT2D eigenvalue weighted by Crippen LogP contribution is 2.46. The standard InChI is InChI=1S/C14H14O3S3/c1-17-10-3-2-4-11(9-10)19-13-6-8-20(15,16)14-12(13)5-7-18-14/h2-5,7,9,13H,6,8H2,1H3/t13-/m1/s1. The van der Waals surface area contributed by atoms with E-state index in [1.54, 1.807) is 18.9 Å². The molecule has 1 atom stereocenters. The van der Waals surface area contributed by atoms with E-state index in [-0.39, 0.29) is 11.0 Å². The molecule has 0 radical (unpaired) electrons. The minimum Gasteiger partial charge on any atom is -0.497 e. The van der Waals surface area contributed by atoms with Gasteiger partial charge in [0.15, 0.2) is 9.84 Å². The van der Waals surface area contributed by atoms with Crippen LogP contribution in [0.4, 0.5) is 0 Å². The molecule has 0 fully saturated rings. The molecule has 1 aliphatic rings. The van der Waals surface area contributed by atoms with Crippen molar-refractivity contribution in [2.45, 2.75) is 20.8 Å². The average Bonchev–Trinajstić information content (AvgIpc) is 2.93. The Morgan fingerprint density at radius 1 is 1.35 bits per heavy atom. The second kappa shape index (κ2) is 5.42. The molecule has 20 heavy (non-hydrogen) atoms. The summed E-state index contributed by atoms with van der Waals surface area (Å²) in [5, 5.41) is 2.07. The van der Waals surface area contributed by atoms with Gasteiger partial charge in [0.05, 0.1) is 12.9 Å². The minimum atomic E-state index is -3.06. The molecule has 1 aromatic heterocycles. The lowest BCUT2D eigenvalue weighted by atomic mass is 10.2. The first-order chi connectivity index (χ1) is 9.60. The van der Waals surface area contributed by atoms with E-state index in [1.165, 1.54) is 11.3 Å². The number of ether oxygens (including phenoxy) is 1. The van der Waals surface area contributed by atoms with Gasteiger partial charge >= 0.3 is 0 Å². The summed E-state index contributed by atoms with van der Waals surface area (Å²) >= 11 is 3.03. The number of hydrogen-bond donors (Lipinski definition) is 0. The van der Waals surface area contributed by atoms with Crippen LogP contribution < -0.4 is 4.74 Å². The minimum absolute atomic E-state index is 0.201. The van der Waals surface area contributed by atoms with E-state index in [0.717, 1.165) is 16.2 Å². The van der Waals surface area contributed by atoms with Crippen LogP contribution >= 0.6 is 23.1 Å². The van der Waals surface area contributed by atoms with Gasteiger partial charge in [-0.3, -0.25) is 0 Å². The molecule has 0 unspecified atom stereocenters. The zero-order chi connectivity index (χ0) is 14.2. The van der Waals surface area contributed by atoms with Crippen molar-refractivity contribution in [3.05, 3.63) is 41.3 Å². The van der Waals surface area contributed by atoms with Gasteiger partial charge in [0, 0.05) is 10.1 Å². The van der Waals surface area contributed by atoms with Crippen molar-refractivity contribution >= 4 is 32.9 Å². The molecule has 0 aliphatic carbocycles. The highest BCUT2D eigenvalue weighted by molar-refractivity contribution is 8.00. The first-order valence-electron chi connectivity index (χ1n) is 6.21. The first-order valence-corrected chi connectivity index (χ1v) is 9.62. The van der Waals surface area contributed by atoms with Crippen molar-refractivity contribution in [3.63, 3.8) is 0 Å². The third-order valence-electron chi connectivity index (χ3n) is 3.26. The topological polar surface area (TPSA) is 43.4 Å². The third-order valence-corrected chi connectivity index (χ3v) is 7.90. The number of thiophene rings is 1. The molecule has 106 valence electrons. The number of hydrogen-bond acceptors (Lipinski definition) is 5. The van der Waals surface area contributed by atoms with E-state index in [2.05, 4.69) is 0 Å². The molecule has 0 spiro atoms. The number of thioether (sulfide) groups is 1. The molecule has 0 bridgehead atoms. The van der Waals surface area contributed by atoms with Gasteiger partial charge < -0.3 is 4.74 Å². The molecule has 3 rings (SSSR count). The van der Waals surface area contributed by atoms with E-state index in [0.29, 0.717) is 10.6 Å². The highest BCUT2D eigenvalue weighted by Gasteiger charge is 2.32. The number of rotatable bonds is 3. The fourth-order valence-corrected chi connectivity index (χ4v) is 6.78. The lowest BCUT2D eigenvalue weighted by Gasteiger charge is -2.22. The molecule has 6 heteroatoms. The fourth-order valence-electron chi connectivity index (χ4n) is 2.27. The Kier molecular flexibility index (Phi) is 3.79. The Morgan fingerprint density at radius 3 is 3.00 bits per heavy atom. The molecule has 2 heterocycles. The maximum absolute atomic E-state index is 12.0. The highest BCUT2D eigenvalue weighted by atomic mass is 32.2. The van der Waals surface area contributed by atoms with Crippen molar-refractivity contribution in [2.24, 2.45) is 0 Å². The summed E-state index contributed by atoms with van der Waals surface area (Å²) in [5.74, 6) is 1.06. The first kappa shape index (κ1) is 14.0. The van der Waals surface area contributed by atoms with E-state index in [1.807, 2.05) is 35.7 Å². The van der Waals surface area contributed by atoms with Gasteiger partial charge in [0.2, 0.25) is 0 Å². The Hall–Kier alpha value is -0.980. The van der Waals surface area contributed by atoms with Crippen molar-refractivity contribution in [1.29, 1.82) is 0 Å². The zero-order valence-corrected chi connectivity index (χ0v) is 13.4. The van der Waals surface area contributed by atoms with Crippen molar-refractivity contribution < 1.29 is 13.2 Å². The lowest BCUT2D eigenvalue weighted by Crippen LogP contribution is -2.16. The van der Waals surface area contributed by atoms with E-state index < -0.39 is 9.84 Å². The summed E-state index contributed by atoms with van der Waals surface area (Å²) in [6, 6.07) is 9.82. The molecule has 0 amide bonds. The number of fused-ring (bicyclic) bond motifs is 1. The second-order valence-corrected chi connectivity index (χ2v) is 9.05. The molecule has 0 N–H and O–H groups in total. The zero-order valence-electron chi connectivity index (χ0n) is 10.9. The Morgan fingerprint density at radius 2 is 2.20 bits per heavy atom. The molecule has 3 nitrogen and oxygen atoms in total. The van der Waals surface area contributed by atoms with E-state index in [9.17, 15) is 8.42 Å². The van der Waals surface area contributed by atoms with Gasteiger partial charge in [-0.15, -0.1) is 23.1 Å². The van der Waals surface area contributed by atoms with Gasteiger partial charge in [-0.05, 0) is 41.6 Å². The maximum atomic E-state index is 12.0. The predicted octanol–water partition coefficient (Wildman–Crippen LogP) is 3.77. The van der Waals surface area contributed by atoms with Crippen LogP contribution in [0.5, 0.6) is 5.75 Å². The summed E-state index contributed by atoms with van der Waals surface area (Å²) in [7, 11) is -1.41. The lowest BCUT2D eigenvalue weighted by molar-refractivity contribution is 0.413. The Balaban J connectivity index is 1.89. The summed E-state index contributed by atoms with van der Waals surface area (Å²) in [6.45, 7) is 0. The SMILES string of the molecule is COc1cccc(S[C@@H]2CCS(=O)(=O)c3sccc32)c1. The van der Waals surface area contributed by atoms with Crippen LogP contribution in [0.3, 0.4) is 0 Å². The van der Waals surface area contributed by atoms with E-state index in [4.69, 9.17) is 4.74 Å². The van der Waals surface area contributed by atoms with Gasteiger partial charge in [-0.2, -0.15) is 0 Å². The van der Waals surface area contributed by atoms with Crippen molar-refractivity contribution in [2.75, 3.05) is 12.9 Å². The van der Waals surface area contributed by atoms with Crippen LogP contribution in [0.2, 0.25) is 0 Å². The van der Waals surface area contributed by atoms with Crippen LogP contribution in [0.15, 0.2) is 44.8 Å². The van der Waals surface area contributed by atoms with Crippen LogP contribution in [0.1, 0.15) is 17.2 Å². The van der Waals surface area contributed by atoms with Gasteiger partial charge in [0.25, 0.3) is 0 Å². The Bertz CT molecular complexity index is 719. The fraction of sp³-hybridized carbons (Fsp3) is 0.286. The average molecular weight is 326 g/mol. The third kappa shape index (κ3) is 2.60. The normalized spacial score (nSPS) is 20.4. The molecular formula is C14H14O3S3. The molecule has 2 aromatic rings. The smallest absolute Gasteiger partial charge is 0.188 e. The molecule has 1 aromatic carbocycles. The molecule has 1 aliphatic heterocycles.